The number of hydrogen-bond acceptors (Lipinski definition) is 2. The van der Waals surface area contributed by atoms with Gasteiger partial charge in [-0.05, 0) is 23.8 Å². The van der Waals surface area contributed by atoms with E-state index in [0.29, 0.717) is 27.4 Å². The fraction of sp³-hybridized carbons (Fsp3) is 0. The third-order valence-corrected chi connectivity index (χ3v) is 3.81. The summed E-state index contributed by atoms with van der Waals surface area (Å²) in [6, 6.07) is 16.9. The molecule has 2 N–H and O–H groups in total. The molecular formula is C18H12ClNO3. The summed E-state index contributed by atoms with van der Waals surface area (Å²) in [5.41, 5.74) is 2.04. The Labute approximate surface area is 137 Å². The number of aromatic amines is 1. The Bertz CT molecular complexity index is 947. The Balaban J connectivity index is 2.22. The van der Waals surface area contributed by atoms with Crippen molar-refractivity contribution in [2.75, 3.05) is 0 Å². The minimum absolute atomic E-state index is 0.124. The van der Waals surface area contributed by atoms with Crippen LogP contribution in [-0.2, 0) is 0 Å². The Morgan fingerprint density at radius 1 is 0.957 bits per heavy atom. The summed E-state index contributed by atoms with van der Waals surface area (Å²) >= 11 is 6.18. The van der Waals surface area contributed by atoms with E-state index in [9.17, 15) is 14.7 Å². The second-order valence-corrected chi connectivity index (χ2v) is 5.38. The predicted molar refractivity (Wildman–Crippen MR) is 89.9 cm³/mol. The number of hydrogen-bond donors (Lipinski definition) is 2. The van der Waals surface area contributed by atoms with E-state index < -0.39 is 5.97 Å². The van der Waals surface area contributed by atoms with Crippen molar-refractivity contribution in [3.63, 3.8) is 0 Å². The third-order valence-electron chi connectivity index (χ3n) is 3.48. The van der Waals surface area contributed by atoms with Gasteiger partial charge in [-0.2, -0.15) is 0 Å². The molecule has 1 aromatic heterocycles. The van der Waals surface area contributed by atoms with Crippen LogP contribution >= 0.6 is 11.6 Å². The molecule has 0 bridgehead atoms. The van der Waals surface area contributed by atoms with Crippen molar-refractivity contribution in [3.8, 4) is 22.4 Å². The maximum atomic E-state index is 12.0. The minimum atomic E-state index is -1.05. The van der Waals surface area contributed by atoms with Crippen LogP contribution in [0.5, 0.6) is 0 Å². The van der Waals surface area contributed by atoms with Crippen molar-refractivity contribution < 1.29 is 9.90 Å². The first-order valence-corrected chi connectivity index (χ1v) is 7.26. The monoisotopic (exact) mass is 325 g/mol. The molecule has 4 nitrogen and oxygen atoms in total. The van der Waals surface area contributed by atoms with Crippen LogP contribution in [0.2, 0.25) is 5.02 Å². The molecule has 3 rings (SSSR count). The van der Waals surface area contributed by atoms with Crippen LogP contribution in [0.25, 0.3) is 22.4 Å². The standard InChI is InChI=1S/C18H12ClNO3/c19-15-8-4-3-5-12(15)11-9-16(20-17(21)10-11)13-6-1-2-7-14(13)18(22)23/h1-10H,(H,20,21)(H,22,23). The average Bonchev–Trinajstić information content (AvgIpc) is 2.54. The van der Waals surface area contributed by atoms with Gasteiger partial charge in [0.15, 0.2) is 0 Å². The van der Waals surface area contributed by atoms with Crippen molar-refractivity contribution in [1.29, 1.82) is 0 Å². The number of benzene rings is 2. The first-order valence-electron chi connectivity index (χ1n) is 6.88. The lowest BCUT2D eigenvalue weighted by Crippen LogP contribution is -2.08. The summed E-state index contributed by atoms with van der Waals surface area (Å²) in [5, 5.41) is 9.84. The highest BCUT2D eigenvalue weighted by molar-refractivity contribution is 6.33. The molecule has 23 heavy (non-hydrogen) atoms. The molecule has 2 aromatic carbocycles. The fourth-order valence-electron chi connectivity index (χ4n) is 2.44. The largest absolute Gasteiger partial charge is 0.478 e. The number of carboxylic acids is 1. The van der Waals surface area contributed by atoms with Gasteiger partial charge in [-0.15, -0.1) is 0 Å². The van der Waals surface area contributed by atoms with Gasteiger partial charge in [0.25, 0.3) is 0 Å². The van der Waals surface area contributed by atoms with Crippen molar-refractivity contribution in [1.82, 2.24) is 4.98 Å². The van der Waals surface area contributed by atoms with E-state index in [4.69, 9.17) is 11.6 Å². The zero-order valence-corrected chi connectivity index (χ0v) is 12.7. The molecule has 0 saturated heterocycles. The average molecular weight is 326 g/mol. The van der Waals surface area contributed by atoms with Crippen LogP contribution in [0.4, 0.5) is 0 Å². The molecule has 0 fully saturated rings. The van der Waals surface area contributed by atoms with Crippen molar-refractivity contribution >= 4 is 17.6 Å². The highest BCUT2D eigenvalue weighted by Crippen LogP contribution is 2.30. The molecule has 3 aromatic rings. The summed E-state index contributed by atoms with van der Waals surface area (Å²) in [7, 11) is 0. The molecule has 5 heteroatoms. The number of H-pyrrole nitrogens is 1. The zero-order valence-electron chi connectivity index (χ0n) is 11.9. The summed E-state index contributed by atoms with van der Waals surface area (Å²) in [6.07, 6.45) is 0. The lowest BCUT2D eigenvalue weighted by molar-refractivity contribution is 0.0697. The van der Waals surface area contributed by atoms with Gasteiger partial charge in [-0.25, -0.2) is 4.79 Å². The van der Waals surface area contributed by atoms with Gasteiger partial charge in [0.05, 0.1) is 5.56 Å². The second kappa shape index (κ2) is 6.10. The Morgan fingerprint density at radius 2 is 1.61 bits per heavy atom. The lowest BCUT2D eigenvalue weighted by atomic mass is 10.0. The van der Waals surface area contributed by atoms with Gasteiger partial charge < -0.3 is 10.1 Å². The molecule has 0 aliphatic carbocycles. The first-order chi connectivity index (χ1) is 11.1. The van der Waals surface area contributed by atoms with E-state index in [1.807, 2.05) is 12.1 Å². The topological polar surface area (TPSA) is 70.2 Å². The molecule has 0 spiro atoms. The Morgan fingerprint density at radius 3 is 2.30 bits per heavy atom. The summed E-state index contributed by atoms with van der Waals surface area (Å²) in [5.74, 6) is -1.05. The number of nitrogens with one attached hydrogen (secondary N) is 1. The van der Waals surface area contributed by atoms with Gasteiger partial charge in [-0.1, -0.05) is 48.0 Å². The number of halogens is 1. The van der Waals surface area contributed by atoms with Crippen LogP contribution < -0.4 is 5.56 Å². The number of pyridine rings is 1. The zero-order chi connectivity index (χ0) is 16.4. The van der Waals surface area contributed by atoms with Gasteiger partial charge in [0.1, 0.15) is 0 Å². The molecule has 0 aliphatic rings. The van der Waals surface area contributed by atoms with E-state index in [1.54, 1.807) is 36.4 Å². The quantitative estimate of drug-likeness (QED) is 0.763. The summed E-state index contributed by atoms with van der Waals surface area (Å²) in [4.78, 5) is 26.1. The number of carbonyl (C=O) groups is 1. The molecule has 114 valence electrons. The third kappa shape index (κ3) is 3.03. The molecule has 0 atom stereocenters. The molecule has 0 radical (unpaired) electrons. The number of aromatic carboxylic acids is 1. The Kier molecular flexibility index (Phi) is 4.00. The SMILES string of the molecule is O=C(O)c1ccccc1-c1cc(-c2ccccc2Cl)cc(=O)[nH]1. The van der Waals surface area contributed by atoms with E-state index in [1.165, 1.54) is 12.1 Å². The van der Waals surface area contributed by atoms with Crippen LogP contribution in [-0.4, -0.2) is 16.1 Å². The van der Waals surface area contributed by atoms with Crippen molar-refractivity contribution in [2.45, 2.75) is 0 Å². The molecule has 1 heterocycles. The van der Waals surface area contributed by atoms with Crippen LogP contribution in [0.1, 0.15) is 10.4 Å². The normalized spacial score (nSPS) is 10.5. The lowest BCUT2D eigenvalue weighted by Gasteiger charge is -2.09. The van der Waals surface area contributed by atoms with E-state index >= 15 is 0 Å². The minimum Gasteiger partial charge on any atom is -0.478 e. The molecule has 0 unspecified atom stereocenters. The Hall–Kier alpha value is -2.85. The number of rotatable bonds is 3. The molecule has 0 aliphatic heterocycles. The summed E-state index contributed by atoms with van der Waals surface area (Å²) < 4.78 is 0. The highest BCUT2D eigenvalue weighted by Gasteiger charge is 2.13. The molecule has 0 saturated carbocycles. The maximum Gasteiger partial charge on any atom is 0.336 e. The predicted octanol–water partition coefficient (Wildman–Crippen LogP) is 4.06. The number of carboxylic acid groups (broad SMARTS) is 1. The molecule has 0 amide bonds. The van der Waals surface area contributed by atoms with Gasteiger partial charge in [0.2, 0.25) is 5.56 Å². The van der Waals surface area contributed by atoms with E-state index in [2.05, 4.69) is 4.98 Å². The summed E-state index contributed by atoms with van der Waals surface area (Å²) in [6.45, 7) is 0. The van der Waals surface area contributed by atoms with E-state index in [0.717, 1.165) is 0 Å². The smallest absolute Gasteiger partial charge is 0.336 e. The van der Waals surface area contributed by atoms with E-state index in [-0.39, 0.29) is 11.1 Å². The number of aromatic nitrogens is 1. The maximum absolute atomic E-state index is 12.0. The van der Waals surface area contributed by atoms with Crippen LogP contribution in [0.15, 0.2) is 65.5 Å². The van der Waals surface area contributed by atoms with Crippen molar-refractivity contribution in [2.24, 2.45) is 0 Å². The fourth-order valence-corrected chi connectivity index (χ4v) is 2.69. The second-order valence-electron chi connectivity index (χ2n) is 4.98. The van der Waals surface area contributed by atoms with Crippen LogP contribution in [0, 0.1) is 0 Å². The van der Waals surface area contributed by atoms with Crippen LogP contribution in [0.3, 0.4) is 0 Å². The highest BCUT2D eigenvalue weighted by atomic mass is 35.5. The van der Waals surface area contributed by atoms with Gasteiger partial charge in [0, 0.05) is 27.9 Å². The van der Waals surface area contributed by atoms with Gasteiger partial charge >= 0.3 is 5.97 Å². The first kappa shape index (κ1) is 15.1. The van der Waals surface area contributed by atoms with Gasteiger partial charge in [-0.3, -0.25) is 4.79 Å². The van der Waals surface area contributed by atoms with Crippen molar-refractivity contribution in [3.05, 3.63) is 81.6 Å². The molecular weight excluding hydrogens is 314 g/mol.